The first-order chi connectivity index (χ1) is 15.3. The molecule has 0 radical (unpaired) electrons. The molecule has 0 saturated heterocycles. The zero-order chi connectivity index (χ0) is 21.0. The molecule has 0 atom stereocenters. The number of benzene rings is 2. The van der Waals surface area contributed by atoms with E-state index in [1.807, 2.05) is 59.2 Å². The maximum Gasteiger partial charge on any atom is 0.237 e. The van der Waals surface area contributed by atoms with Crippen LogP contribution >= 0.6 is 11.8 Å². The Hall–Kier alpha value is -3.78. The van der Waals surface area contributed by atoms with Gasteiger partial charge in [-0.2, -0.15) is 4.98 Å². The van der Waals surface area contributed by atoms with E-state index in [0.717, 1.165) is 33.4 Å². The number of para-hydroxylation sites is 1. The first-order valence-corrected chi connectivity index (χ1v) is 10.7. The lowest BCUT2D eigenvalue weighted by atomic mass is 10.2. The van der Waals surface area contributed by atoms with Crippen molar-refractivity contribution in [3.05, 3.63) is 90.6 Å². The quantitative estimate of drug-likeness (QED) is 0.354. The fraction of sp³-hybridized carbons (Fsp3) is 0.0870. The molecule has 31 heavy (non-hydrogen) atoms. The topological polar surface area (TPSA) is 82.5 Å². The zero-order valence-electron chi connectivity index (χ0n) is 16.7. The normalized spacial score (nSPS) is 11.0. The fourth-order valence-electron chi connectivity index (χ4n) is 3.22. The van der Waals surface area contributed by atoms with Gasteiger partial charge in [0.15, 0.2) is 11.0 Å². The van der Waals surface area contributed by atoms with E-state index in [9.17, 15) is 0 Å². The van der Waals surface area contributed by atoms with Crippen LogP contribution in [0.1, 0.15) is 11.5 Å². The highest BCUT2D eigenvalue weighted by Crippen LogP contribution is 2.30. The Labute approximate surface area is 183 Å². The number of nitrogens with zero attached hydrogens (tertiary/aromatic N) is 6. The molecule has 0 spiro atoms. The SMILES string of the molecule is Cc1ccccc1-n1c(SCc2nc(-c3ccccc3)no2)nnc1-c1cccnc1. The van der Waals surface area contributed by atoms with Crippen molar-refractivity contribution in [1.29, 1.82) is 0 Å². The van der Waals surface area contributed by atoms with Crippen LogP contribution in [0.15, 0.2) is 88.8 Å². The maximum absolute atomic E-state index is 5.45. The molecule has 0 fully saturated rings. The summed E-state index contributed by atoms with van der Waals surface area (Å²) in [6.45, 7) is 2.07. The molecular weight excluding hydrogens is 408 g/mol. The van der Waals surface area contributed by atoms with Gasteiger partial charge in [0.25, 0.3) is 0 Å². The summed E-state index contributed by atoms with van der Waals surface area (Å²) in [5.41, 5.74) is 3.96. The molecular formula is C23H18N6OS. The van der Waals surface area contributed by atoms with Crippen LogP contribution in [0.25, 0.3) is 28.5 Å². The zero-order valence-corrected chi connectivity index (χ0v) is 17.5. The third kappa shape index (κ3) is 3.97. The molecule has 0 aliphatic rings. The summed E-state index contributed by atoms with van der Waals surface area (Å²) < 4.78 is 7.50. The molecule has 3 aromatic heterocycles. The number of aromatic nitrogens is 6. The molecule has 0 aliphatic heterocycles. The first kappa shape index (κ1) is 19.2. The van der Waals surface area contributed by atoms with Crippen molar-refractivity contribution >= 4 is 11.8 Å². The van der Waals surface area contributed by atoms with Crippen LogP contribution in [-0.2, 0) is 5.75 Å². The van der Waals surface area contributed by atoms with Gasteiger partial charge < -0.3 is 4.52 Å². The second-order valence-corrected chi connectivity index (χ2v) is 7.78. The van der Waals surface area contributed by atoms with Crippen molar-refractivity contribution in [2.24, 2.45) is 0 Å². The van der Waals surface area contributed by atoms with E-state index in [1.54, 1.807) is 12.4 Å². The number of aryl methyl sites for hydroxylation is 1. The maximum atomic E-state index is 5.45. The molecule has 2 aromatic carbocycles. The first-order valence-electron chi connectivity index (χ1n) is 9.72. The molecule has 5 aromatic rings. The monoisotopic (exact) mass is 426 g/mol. The van der Waals surface area contributed by atoms with Gasteiger partial charge in [0.1, 0.15) is 0 Å². The number of hydrogen-bond donors (Lipinski definition) is 0. The Balaban J connectivity index is 1.47. The van der Waals surface area contributed by atoms with Crippen molar-refractivity contribution in [1.82, 2.24) is 29.9 Å². The van der Waals surface area contributed by atoms with Gasteiger partial charge in [-0.1, -0.05) is 65.4 Å². The summed E-state index contributed by atoms with van der Waals surface area (Å²) in [5.74, 6) is 2.33. The van der Waals surface area contributed by atoms with Crippen LogP contribution in [0.3, 0.4) is 0 Å². The van der Waals surface area contributed by atoms with Gasteiger partial charge in [-0.05, 0) is 30.7 Å². The molecule has 7 nitrogen and oxygen atoms in total. The molecule has 0 bridgehead atoms. The average Bonchev–Trinajstić information content (AvgIpc) is 3.46. The second kappa shape index (κ2) is 8.53. The van der Waals surface area contributed by atoms with E-state index in [4.69, 9.17) is 4.52 Å². The Morgan fingerprint density at radius 1 is 0.903 bits per heavy atom. The van der Waals surface area contributed by atoms with Gasteiger partial charge in [-0.25, -0.2) is 0 Å². The van der Waals surface area contributed by atoms with Crippen LogP contribution < -0.4 is 0 Å². The molecule has 5 rings (SSSR count). The molecule has 0 aliphatic carbocycles. The van der Waals surface area contributed by atoms with Crippen LogP contribution in [0.4, 0.5) is 0 Å². The van der Waals surface area contributed by atoms with Gasteiger partial charge in [0.2, 0.25) is 11.7 Å². The van der Waals surface area contributed by atoms with E-state index in [1.165, 1.54) is 11.8 Å². The highest BCUT2D eigenvalue weighted by atomic mass is 32.2. The smallest absolute Gasteiger partial charge is 0.237 e. The van der Waals surface area contributed by atoms with E-state index >= 15 is 0 Å². The average molecular weight is 427 g/mol. The molecule has 3 heterocycles. The van der Waals surface area contributed by atoms with Crippen LogP contribution in [0.5, 0.6) is 0 Å². The third-order valence-electron chi connectivity index (χ3n) is 4.73. The summed E-state index contributed by atoms with van der Waals surface area (Å²) >= 11 is 1.50. The second-order valence-electron chi connectivity index (χ2n) is 6.84. The lowest BCUT2D eigenvalue weighted by Crippen LogP contribution is -2.02. The summed E-state index contributed by atoms with van der Waals surface area (Å²) in [6, 6.07) is 21.8. The Morgan fingerprint density at radius 3 is 2.52 bits per heavy atom. The van der Waals surface area contributed by atoms with Crippen molar-refractivity contribution in [2.45, 2.75) is 17.8 Å². The van der Waals surface area contributed by atoms with Crippen molar-refractivity contribution in [3.63, 3.8) is 0 Å². The van der Waals surface area contributed by atoms with E-state index in [-0.39, 0.29) is 0 Å². The molecule has 8 heteroatoms. The highest BCUT2D eigenvalue weighted by molar-refractivity contribution is 7.98. The highest BCUT2D eigenvalue weighted by Gasteiger charge is 2.19. The van der Waals surface area contributed by atoms with E-state index < -0.39 is 0 Å². The molecule has 152 valence electrons. The summed E-state index contributed by atoms with van der Waals surface area (Å²) in [4.78, 5) is 8.75. The summed E-state index contributed by atoms with van der Waals surface area (Å²) in [5, 5.41) is 13.7. The Morgan fingerprint density at radius 2 is 1.71 bits per heavy atom. The van der Waals surface area contributed by atoms with Crippen molar-refractivity contribution in [3.8, 4) is 28.5 Å². The van der Waals surface area contributed by atoms with Gasteiger partial charge in [-0.3, -0.25) is 9.55 Å². The van der Waals surface area contributed by atoms with Gasteiger partial charge in [0, 0.05) is 23.5 Å². The van der Waals surface area contributed by atoms with Crippen LogP contribution in [-0.4, -0.2) is 29.9 Å². The minimum absolute atomic E-state index is 0.483. The largest absolute Gasteiger partial charge is 0.338 e. The number of hydrogen-bond acceptors (Lipinski definition) is 7. The minimum Gasteiger partial charge on any atom is -0.338 e. The molecule has 0 unspecified atom stereocenters. The molecule has 0 amide bonds. The Kier molecular flexibility index (Phi) is 5.28. The minimum atomic E-state index is 0.483. The van der Waals surface area contributed by atoms with Crippen molar-refractivity contribution < 1.29 is 4.52 Å². The Bertz CT molecular complexity index is 1300. The predicted octanol–water partition coefficient (Wildman–Crippen LogP) is 4.98. The molecule has 0 N–H and O–H groups in total. The number of pyridine rings is 1. The summed E-state index contributed by atoms with van der Waals surface area (Å²) in [7, 11) is 0. The van der Waals surface area contributed by atoms with Crippen molar-refractivity contribution in [2.75, 3.05) is 0 Å². The predicted molar refractivity (Wildman–Crippen MR) is 119 cm³/mol. The van der Waals surface area contributed by atoms with Crippen LogP contribution in [0.2, 0.25) is 0 Å². The number of rotatable bonds is 6. The van der Waals surface area contributed by atoms with Gasteiger partial charge in [-0.15, -0.1) is 10.2 Å². The van der Waals surface area contributed by atoms with Crippen LogP contribution in [0, 0.1) is 6.92 Å². The third-order valence-corrected chi connectivity index (χ3v) is 5.65. The van der Waals surface area contributed by atoms with Gasteiger partial charge >= 0.3 is 0 Å². The van der Waals surface area contributed by atoms with Gasteiger partial charge in [0.05, 0.1) is 11.4 Å². The van der Waals surface area contributed by atoms with E-state index in [0.29, 0.717) is 17.5 Å². The lowest BCUT2D eigenvalue weighted by Gasteiger charge is -2.12. The lowest BCUT2D eigenvalue weighted by molar-refractivity contribution is 0.391. The standard InChI is InChI=1S/C23H18N6OS/c1-16-8-5-6-12-19(16)29-22(18-11-7-13-24-14-18)26-27-23(29)31-15-20-25-21(28-30-20)17-9-3-2-4-10-17/h2-14H,15H2,1H3. The fourth-order valence-corrected chi connectivity index (χ4v) is 4.00. The number of thioether (sulfide) groups is 1. The molecule has 0 saturated carbocycles. The summed E-state index contributed by atoms with van der Waals surface area (Å²) in [6.07, 6.45) is 3.53. The van der Waals surface area contributed by atoms with E-state index in [2.05, 4.69) is 44.4 Å².